The number of hydrogen-bond donors (Lipinski definition) is 2. The summed E-state index contributed by atoms with van der Waals surface area (Å²) in [5, 5.41) is 11.8. The van der Waals surface area contributed by atoms with Crippen molar-refractivity contribution in [2.75, 3.05) is 5.32 Å². The molecule has 0 aliphatic heterocycles. The van der Waals surface area contributed by atoms with Gasteiger partial charge in [-0.3, -0.25) is 9.59 Å². The zero-order valence-electron chi connectivity index (χ0n) is 15.9. The fourth-order valence-electron chi connectivity index (χ4n) is 3.07. The molecule has 0 heterocycles. The van der Waals surface area contributed by atoms with Gasteiger partial charge in [0.2, 0.25) is 5.91 Å². The van der Waals surface area contributed by atoms with E-state index in [1.165, 1.54) is 24.3 Å². The minimum absolute atomic E-state index is 0.0866. The molecule has 2 N–H and O–H groups in total. The van der Waals surface area contributed by atoms with Gasteiger partial charge >= 0.3 is 12.1 Å². The van der Waals surface area contributed by atoms with Crippen molar-refractivity contribution in [3.05, 3.63) is 64.2 Å². The Morgan fingerprint density at radius 2 is 1.76 bits per heavy atom. The van der Waals surface area contributed by atoms with Gasteiger partial charge in [-0.1, -0.05) is 42.8 Å². The van der Waals surface area contributed by atoms with E-state index in [4.69, 9.17) is 16.7 Å². The minimum Gasteiger partial charge on any atom is -0.481 e. The second-order valence-corrected chi connectivity index (χ2v) is 7.27. The Kier molecular flexibility index (Phi) is 7.30. The number of benzene rings is 2. The Bertz CT molecular complexity index is 882. The van der Waals surface area contributed by atoms with Crippen LogP contribution in [0.1, 0.15) is 36.0 Å². The van der Waals surface area contributed by atoms with Crippen molar-refractivity contribution in [2.24, 2.45) is 5.92 Å². The van der Waals surface area contributed by atoms with Gasteiger partial charge in [0, 0.05) is 17.1 Å². The second kappa shape index (κ2) is 9.31. The maximum atomic E-state index is 13.4. The number of anilines is 1. The fraction of sp³-hybridized carbons (Fsp3) is 0.333. The summed E-state index contributed by atoms with van der Waals surface area (Å²) < 4.78 is 40.3. The number of aryl methyl sites for hydroxylation is 1. The molecule has 8 heteroatoms. The zero-order valence-corrected chi connectivity index (χ0v) is 16.6. The lowest BCUT2D eigenvalue weighted by Crippen LogP contribution is -2.34. The number of carboxylic acid groups (broad SMARTS) is 1. The molecule has 29 heavy (non-hydrogen) atoms. The number of hydrogen-bond acceptors (Lipinski definition) is 2. The highest BCUT2D eigenvalue weighted by Crippen LogP contribution is 2.38. The van der Waals surface area contributed by atoms with Crippen molar-refractivity contribution in [3.63, 3.8) is 0 Å². The number of halogens is 4. The molecule has 0 unspecified atom stereocenters. The average Bonchev–Trinajstić information content (AvgIpc) is 2.63. The van der Waals surface area contributed by atoms with Crippen LogP contribution in [0.25, 0.3) is 0 Å². The Morgan fingerprint density at radius 1 is 1.14 bits per heavy atom. The Labute approximate surface area is 171 Å². The number of rotatable bonds is 7. The van der Waals surface area contributed by atoms with E-state index >= 15 is 0 Å². The molecule has 0 bridgehead atoms. The summed E-state index contributed by atoms with van der Waals surface area (Å²) in [6.07, 6.45) is -4.40. The standard InChI is InChI=1S/C21H21ClF3NO3/c1-12-14(8-11-18(27)28)4-3-5-17(12)26-20(29)19(13(2)21(23,24)25)15-6-9-16(22)10-7-15/h3-7,9-10,13,19H,8,11H2,1-2H3,(H,26,29)(H,27,28)/t13-,19+/m1/s1. The van der Waals surface area contributed by atoms with Crippen molar-refractivity contribution in [3.8, 4) is 0 Å². The lowest BCUT2D eigenvalue weighted by atomic mass is 9.85. The van der Waals surface area contributed by atoms with Crippen molar-refractivity contribution >= 4 is 29.2 Å². The predicted octanol–water partition coefficient (Wildman–Crippen LogP) is 5.59. The Hall–Kier alpha value is -2.54. The first-order valence-electron chi connectivity index (χ1n) is 8.94. The lowest BCUT2D eigenvalue weighted by molar-refractivity contribution is -0.178. The molecule has 0 spiro atoms. The van der Waals surface area contributed by atoms with E-state index in [1.54, 1.807) is 25.1 Å². The number of carbonyl (C=O) groups excluding carboxylic acids is 1. The van der Waals surface area contributed by atoms with Crippen LogP contribution in [0.2, 0.25) is 5.02 Å². The third kappa shape index (κ3) is 5.97. The SMILES string of the molecule is Cc1c(CCC(=O)O)cccc1NC(=O)[C@H](c1ccc(Cl)cc1)[C@@H](C)C(F)(F)F. The molecular formula is C21H21ClF3NO3. The van der Waals surface area contributed by atoms with E-state index in [2.05, 4.69) is 5.32 Å². The van der Waals surface area contributed by atoms with E-state index in [0.717, 1.165) is 6.92 Å². The molecular weight excluding hydrogens is 407 g/mol. The van der Waals surface area contributed by atoms with Crippen LogP contribution in [-0.2, 0) is 16.0 Å². The normalized spacial score (nSPS) is 13.6. The molecule has 2 rings (SSSR count). The molecule has 4 nitrogen and oxygen atoms in total. The molecule has 0 saturated heterocycles. The number of carboxylic acids is 1. The summed E-state index contributed by atoms with van der Waals surface area (Å²) >= 11 is 5.82. The van der Waals surface area contributed by atoms with Gasteiger partial charge in [-0.2, -0.15) is 13.2 Å². The van der Waals surface area contributed by atoms with Crippen LogP contribution in [-0.4, -0.2) is 23.2 Å². The molecule has 0 aliphatic carbocycles. The molecule has 0 aromatic heterocycles. The predicted molar refractivity (Wildman–Crippen MR) is 105 cm³/mol. The maximum Gasteiger partial charge on any atom is 0.392 e. The average molecular weight is 428 g/mol. The largest absolute Gasteiger partial charge is 0.481 e. The van der Waals surface area contributed by atoms with Crippen LogP contribution in [0.3, 0.4) is 0 Å². The summed E-state index contributed by atoms with van der Waals surface area (Å²) in [6.45, 7) is 2.66. The van der Waals surface area contributed by atoms with E-state index in [0.29, 0.717) is 21.8 Å². The highest BCUT2D eigenvalue weighted by Gasteiger charge is 2.45. The van der Waals surface area contributed by atoms with Crippen LogP contribution < -0.4 is 5.32 Å². The summed E-state index contributed by atoms with van der Waals surface area (Å²) in [4.78, 5) is 23.7. The van der Waals surface area contributed by atoms with Gasteiger partial charge < -0.3 is 10.4 Å². The molecule has 0 aliphatic rings. The van der Waals surface area contributed by atoms with Gasteiger partial charge in [0.1, 0.15) is 0 Å². The highest BCUT2D eigenvalue weighted by atomic mass is 35.5. The van der Waals surface area contributed by atoms with Gasteiger partial charge in [0.15, 0.2) is 0 Å². The van der Waals surface area contributed by atoms with E-state index in [-0.39, 0.29) is 18.4 Å². The van der Waals surface area contributed by atoms with Gasteiger partial charge in [-0.25, -0.2) is 0 Å². The van der Waals surface area contributed by atoms with Crippen LogP contribution in [0.5, 0.6) is 0 Å². The number of aliphatic carboxylic acids is 1. The van der Waals surface area contributed by atoms with Gasteiger partial charge in [0.25, 0.3) is 0 Å². The molecule has 0 fully saturated rings. The third-order valence-corrected chi connectivity index (χ3v) is 5.09. The van der Waals surface area contributed by atoms with Gasteiger partial charge in [-0.05, 0) is 48.2 Å². The van der Waals surface area contributed by atoms with E-state index in [1.807, 2.05) is 0 Å². The van der Waals surface area contributed by atoms with Crippen molar-refractivity contribution in [2.45, 2.75) is 38.8 Å². The van der Waals surface area contributed by atoms with Crippen LogP contribution >= 0.6 is 11.6 Å². The molecule has 156 valence electrons. The number of carbonyl (C=O) groups is 2. The maximum absolute atomic E-state index is 13.4. The highest BCUT2D eigenvalue weighted by molar-refractivity contribution is 6.30. The quantitative estimate of drug-likeness (QED) is 0.605. The molecule has 1 amide bonds. The summed E-state index contributed by atoms with van der Waals surface area (Å²) in [5.74, 6) is -5.13. The first-order chi connectivity index (χ1) is 13.5. The van der Waals surface area contributed by atoms with Crippen molar-refractivity contribution in [1.82, 2.24) is 0 Å². The first kappa shape index (κ1) is 22.7. The van der Waals surface area contributed by atoms with Crippen molar-refractivity contribution in [1.29, 1.82) is 0 Å². The Balaban J connectivity index is 2.34. The summed E-state index contributed by atoms with van der Waals surface area (Å²) in [6, 6.07) is 10.6. The monoisotopic (exact) mass is 427 g/mol. The lowest BCUT2D eigenvalue weighted by Gasteiger charge is -2.26. The molecule has 2 aromatic carbocycles. The molecule has 2 aromatic rings. The smallest absolute Gasteiger partial charge is 0.392 e. The molecule has 0 radical (unpaired) electrons. The molecule has 0 saturated carbocycles. The number of alkyl halides is 3. The van der Waals surface area contributed by atoms with Crippen LogP contribution in [0, 0.1) is 12.8 Å². The zero-order chi connectivity index (χ0) is 21.8. The van der Waals surface area contributed by atoms with Crippen LogP contribution in [0.4, 0.5) is 18.9 Å². The Morgan fingerprint density at radius 3 is 2.31 bits per heavy atom. The summed E-state index contributed by atoms with van der Waals surface area (Å²) in [7, 11) is 0. The van der Waals surface area contributed by atoms with Crippen LogP contribution in [0.15, 0.2) is 42.5 Å². The van der Waals surface area contributed by atoms with Crippen molar-refractivity contribution < 1.29 is 27.9 Å². The number of nitrogens with one attached hydrogen (secondary N) is 1. The van der Waals surface area contributed by atoms with Gasteiger partial charge in [-0.15, -0.1) is 0 Å². The van der Waals surface area contributed by atoms with E-state index in [9.17, 15) is 22.8 Å². The minimum atomic E-state index is -4.57. The topological polar surface area (TPSA) is 66.4 Å². The fourth-order valence-corrected chi connectivity index (χ4v) is 3.19. The van der Waals surface area contributed by atoms with E-state index < -0.39 is 29.9 Å². The number of amides is 1. The summed E-state index contributed by atoms with van der Waals surface area (Å²) in [5.41, 5.74) is 1.89. The second-order valence-electron chi connectivity index (χ2n) is 6.83. The van der Waals surface area contributed by atoms with Gasteiger partial charge in [0.05, 0.1) is 11.8 Å². The first-order valence-corrected chi connectivity index (χ1v) is 9.31. The third-order valence-electron chi connectivity index (χ3n) is 4.84. The molecule has 2 atom stereocenters.